The quantitative estimate of drug-likeness (QED) is 0.318. The van der Waals surface area contributed by atoms with Crippen molar-refractivity contribution in [2.24, 2.45) is 4.99 Å². The van der Waals surface area contributed by atoms with Gasteiger partial charge in [0.1, 0.15) is 0 Å². The van der Waals surface area contributed by atoms with Crippen LogP contribution in [0.15, 0.2) is 58.4 Å². The normalized spacial score (nSPS) is 13.9. The average molecular weight is 537 g/mol. The standard InChI is InChI=1S/C20H25F2N3O2S.HI/c1-4-16(13-28(26,27)17-8-6-5-7-9-17)25-20(23-3)24-14(2)15-10-11-18(21)19(22)12-15;/h5-12,14,16H,4,13H2,1-3H3,(H2,23,24,25);1H. The van der Waals surface area contributed by atoms with Crippen molar-refractivity contribution >= 4 is 39.8 Å². The molecule has 0 aromatic heterocycles. The Kier molecular flexibility index (Phi) is 9.97. The highest BCUT2D eigenvalue weighted by atomic mass is 127. The van der Waals surface area contributed by atoms with E-state index in [0.717, 1.165) is 12.1 Å². The number of sulfone groups is 1. The highest BCUT2D eigenvalue weighted by molar-refractivity contribution is 14.0. The smallest absolute Gasteiger partial charge is 0.191 e. The van der Waals surface area contributed by atoms with Gasteiger partial charge in [0.15, 0.2) is 27.4 Å². The van der Waals surface area contributed by atoms with E-state index in [0.29, 0.717) is 17.9 Å². The zero-order valence-electron chi connectivity index (χ0n) is 16.5. The molecule has 0 heterocycles. The number of aliphatic imine (C=N–C) groups is 1. The number of nitrogens with zero attached hydrogens (tertiary/aromatic N) is 1. The van der Waals surface area contributed by atoms with Crippen LogP contribution in [0.3, 0.4) is 0 Å². The summed E-state index contributed by atoms with van der Waals surface area (Å²) in [5.74, 6) is -1.54. The van der Waals surface area contributed by atoms with E-state index in [1.165, 1.54) is 6.07 Å². The number of guanidine groups is 1. The van der Waals surface area contributed by atoms with Gasteiger partial charge in [-0.2, -0.15) is 0 Å². The molecule has 0 amide bonds. The highest BCUT2D eigenvalue weighted by Crippen LogP contribution is 2.16. The second-order valence-corrected chi connectivity index (χ2v) is 8.49. The summed E-state index contributed by atoms with van der Waals surface area (Å²) in [6.07, 6.45) is 0.562. The van der Waals surface area contributed by atoms with Gasteiger partial charge in [-0.15, -0.1) is 24.0 Å². The Morgan fingerprint density at radius 3 is 2.28 bits per heavy atom. The van der Waals surface area contributed by atoms with Crippen molar-refractivity contribution in [3.8, 4) is 0 Å². The molecule has 29 heavy (non-hydrogen) atoms. The van der Waals surface area contributed by atoms with Gasteiger partial charge in [0.25, 0.3) is 0 Å². The largest absolute Gasteiger partial charge is 0.353 e. The first kappa shape index (κ1) is 25.3. The molecule has 2 unspecified atom stereocenters. The predicted octanol–water partition coefficient (Wildman–Crippen LogP) is 4.06. The SMILES string of the molecule is CCC(CS(=O)(=O)c1ccccc1)NC(=NC)NC(C)c1ccc(F)c(F)c1.I. The molecule has 0 saturated heterocycles. The fourth-order valence-electron chi connectivity index (χ4n) is 2.68. The zero-order chi connectivity index (χ0) is 20.7. The number of rotatable bonds is 7. The van der Waals surface area contributed by atoms with Gasteiger partial charge in [0.2, 0.25) is 0 Å². The Labute approximate surface area is 188 Å². The molecule has 0 bridgehead atoms. The van der Waals surface area contributed by atoms with Crippen molar-refractivity contribution in [2.75, 3.05) is 12.8 Å². The molecule has 0 spiro atoms. The molecule has 9 heteroatoms. The van der Waals surface area contributed by atoms with Crippen LogP contribution in [-0.2, 0) is 9.84 Å². The number of halogens is 3. The van der Waals surface area contributed by atoms with Crippen molar-refractivity contribution in [3.63, 3.8) is 0 Å². The van der Waals surface area contributed by atoms with Crippen molar-refractivity contribution in [1.29, 1.82) is 0 Å². The third kappa shape index (κ3) is 7.22. The fourth-order valence-corrected chi connectivity index (χ4v) is 4.30. The lowest BCUT2D eigenvalue weighted by Crippen LogP contribution is -2.46. The molecular weight excluding hydrogens is 511 g/mol. The lowest BCUT2D eigenvalue weighted by molar-refractivity contribution is 0.504. The van der Waals surface area contributed by atoms with Gasteiger partial charge >= 0.3 is 0 Å². The minimum absolute atomic E-state index is 0. The molecule has 0 fully saturated rings. The van der Waals surface area contributed by atoms with Crippen molar-refractivity contribution in [3.05, 3.63) is 65.7 Å². The molecule has 2 rings (SSSR count). The molecule has 0 aliphatic rings. The molecule has 0 aliphatic heterocycles. The lowest BCUT2D eigenvalue weighted by Gasteiger charge is -2.23. The number of nitrogens with one attached hydrogen (secondary N) is 2. The Hall–Kier alpha value is -1.75. The summed E-state index contributed by atoms with van der Waals surface area (Å²) >= 11 is 0. The molecule has 2 aromatic carbocycles. The summed E-state index contributed by atoms with van der Waals surface area (Å²) in [6, 6.07) is 11.2. The molecule has 0 aliphatic carbocycles. The van der Waals surface area contributed by atoms with Crippen LogP contribution in [0.4, 0.5) is 8.78 Å². The van der Waals surface area contributed by atoms with Crippen molar-refractivity contribution in [2.45, 2.75) is 37.2 Å². The predicted molar refractivity (Wildman–Crippen MR) is 122 cm³/mol. The van der Waals surface area contributed by atoms with Crippen molar-refractivity contribution in [1.82, 2.24) is 10.6 Å². The molecule has 0 saturated carbocycles. The molecule has 5 nitrogen and oxygen atoms in total. The lowest BCUT2D eigenvalue weighted by atomic mass is 10.1. The first-order valence-electron chi connectivity index (χ1n) is 8.99. The first-order valence-corrected chi connectivity index (χ1v) is 10.6. The van der Waals surface area contributed by atoms with Gasteiger partial charge in [-0.3, -0.25) is 4.99 Å². The molecule has 2 aromatic rings. The summed E-state index contributed by atoms with van der Waals surface area (Å²) in [6.45, 7) is 3.66. The van der Waals surface area contributed by atoms with Gasteiger partial charge in [-0.05, 0) is 43.2 Å². The second-order valence-electron chi connectivity index (χ2n) is 6.46. The molecule has 2 atom stereocenters. The Bertz CT molecular complexity index is 925. The summed E-state index contributed by atoms with van der Waals surface area (Å²) in [5, 5.41) is 6.17. The van der Waals surface area contributed by atoms with Crippen LogP contribution in [0, 0.1) is 11.6 Å². The summed E-state index contributed by atoms with van der Waals surface area (Å²) in [4.78, 5) is 4.39. The van der Waals surface area contributed by atoms with E-state index >= 15 is 0 Å². The number of hydrogen-bond donors (Lipinski definition) is 2. The second kappa shape index (κ2) is 11.4. The minimum Gasteiger partial charge on any atom is -0.353 e. The van der Waals surface area contributed by atoms with E-state index in [4.69, 9.17) is 0 Å². The topological polar surface area (TPSA) is 70.6 Å². The zero-order valence-corrected chi connectivity index (χ0v) is 19.7. The first-order chi connectivity index (χ1) is 13.3. The maximum absolute atomic E-state index is 13.5. The third-order valence-electron chi connectivity index (χ3n) is 4.38. The Morgan fingerprint density at radius 2 is 1.72 bits per heavy atom. The number of benzene rings is 2. The van der Waals surface area contributed by atoms with Crippen molar-refractivity contribution < 1.29 is 17.2 Å². The molecule has 160 valence electrons. The van der Waals surface area contributed by atoms with Gasteiger partial charge in [-0.25, -0.2) is 17.2 Å². The van der Waals surface area contributed by atoms with Crippen LogP contribution in [0.25, 0.3) is 0 Å². The van der Waals surface area contributed by atoms with E-state index in [2.05, 4.69) is 15.6 Å². The van der Waals surface area contributed by atoms with Gasteiger partial charge in [0, 0.05) is 13.1 Å². The van der Waals surface area contributed by atoms with Gasteiger partial charge < -0.3 is 10.6 Å². The third-order valence-corrected chi connectivity index (χ3v) is 6.21. The van der Waals surface area contributed by atoms with E-state index < -0.39 is 21.5 Å². The fraction of sp³-hybridized carbons (Fsp3) is 0.350. The van der Waals surface area contributed by atoms with Crippen LogP contribution in [-0.4, -0.2) is 33.2 Å². The molecular formula is C20H26F2IN3O2S. The van der Waals surface area contributed by atoms with E-state index in [1.54, 1.807) is 44.3 Å². The monoisotopic (exact) mass is 537 g/mol. The Morgan fingerprint density at radius 1 is 1.07 bits per heavy atom. The Balaban J connectivity index is 0.00000420. The van der Waals surface area contributed by atoms with Gasteiger partial charge in [0.05, 0.1) is 16.7 Å². The van der Waals surface area contributed by atoms with Gasteiger partial charge in [-0.1, -0.05) is 31.2 Å². The summed E-state index contributed by atoms with van der Waals surface area (Å²) in [7, 11) is -1.89. The van der Waals surface area contributed by atoms with Crippen LogP contribution >= 0.6 is 24.0 Å². The average Bonchev–Trinajstić information content (AvgIpc) is 2.69. The van der Waals surface area contributed by atoms with E-state index in [1.807, 2.05) is 6.92 Å². The maximum atomic E-state index is 13.5. The summed E-state index contributed by atoms with van der Waals surface area (Å²) in [5.41, 5.74) is 0.548. The van der Waals surface area contributed by atoms with Crippen LogP contribution in [0.2, 0.25) is 0 Å². The summed E-state index contributed by atoms with van der Waals surface area (Å²) < 4.78 is 51.8. The highest BCUT2D eigenvalue weighted by Gasteiger charge is 2.21. The maximum Gasteiger partial charge on any atom is 0.191 e. The molecule has 2 N–H and O–H groups in total. The number of hydrogen-bond acceptors (Lipinski definition) is 3. The van der Waals surface area contributed by atoms with Crippen LogP contribution in [0.5, 0.6) is 0 Å². The van der Waals surface area contributed by atoms with E-state index in [-0.39, 0.29) is 46.7 Å². The minimum atomic E-state index is -3.45. The molecule has 0 radical (unpaired) electrons. The van der Waals surface area contributed by atoms with Crippen LogP contribution in [0.1, 0.15) is 31.9 Å². The van der Waals surface area contributed by atoms with Crippen LogP contribution < -0.4 is 10.6 Å². The van der Waals surface area contributed by atoms with E-state index in [9.17, 15) is 17.2 Å².